The first-order valence-electron chi connectivity index (χ1n) is 7.98. The molecule has 0 bridgehead atoms. The fraction of sp³-hybridized carbons (Fsp3) is 0.632. The maximum Gasteiger partial charge on any atom is 0.220 e. The lowest BCUT2D eigenvalue weighted by molar-refractivity contribution is 0.0173. The number of hydrogen-bond acceptors (Lipinski definition) is 1. The highest BCUT2D eigenvalue weighted by Gasteiger charge is 2.46. The van der Waals surface area contributed by atoms with Crippen LogP contribution >= 0.6 is 0 Å². The molecule has 114 valence electrons. The lowest BCUT2D eigenvalue weighted by Gasteiger charge is -2.46. The summed E-state index contributed by atoms with van der Waals surface area (Å²) in [6, 6.07) is 8.66. The maximum absolute atomic E-state index is 7.31. The minimum atomic E-state index is 0.191. The molecule has 0 N–H and O–H groups in total. The molecule has 2 heteroatoms. The highest BCUT2D eigenvalue weighted by atomic mass is 15.1. The van der Waals surface area contributed by atoms with Crippen LogP contribution in [-0.4, -0.2) is 24.5 Å². The Labute approximate surface area is 130 Å². The van der Waals surface area contributed by atoms with Gasteiger partial charge in [-0.25, -0.2) is 6.57 Å². The Kier molecular flexibility index (Phi) is 4.74. The molecule has 0 radical (unpaired) electrons. The number of piperidine rings is 1. The lowest BCUT2D eigenvalue weighted by Crippen LogP contribution is -2.48. The quantitative estimate of drug-likeness (QED) is 0.739. The number of nitrogens with zero attached hydrogens (tertiary/aromatic N) is 2. The molecule has 21 heavy (non-hydrogen) atoms. The molecule has 2 nitrogen and oxygen atoms in total. The molecule has 0 spiro atoms. The van der Waals surface area contributed by atoms with Crippen molar-refractivity contribution in [1.82, 2.24) is 4.90 Å². The smallest absolute Gasteiger partial charge is 0.220 e. The molecule has 1 aromatic carbocycles. The van der Waals surface area contributed by atoms with E-state index in [2.05, 4.69) is 61.7 Å². The van der Waals surface area contributed by atoms with Crippen LogP contribution in [0.1, 0.15) is 44.7 Å². The number of hydrogen-bond donors (Lipinski definition) is 0. The van der Waals surface area contributed by atoms with Crippen LogP contribution in [0.5, 0.6) is 0 Å². The van der Waals surface area contributed by atoms with Crippen LogP contribution in [0.15, 0.2) is 24.3 Å². The maximum atomic E-state index is 7.31. The van der Waals surface area contributed by atoms with Gasteiger partial charge in [0.2, 0.25) is 6.54 Å². The van der Waals surface area contributed by atoms with E-state index in [1.54, 1.807) is 0 Å². The summed E-state index contributed by atoms with van der Waals surface area (Å²) in [6.07, 6.45) is 2.29. The van der Waals surface area contributed by atoms with E-state index in [4.69, 9.17) is 6.57 Å². The molecule has 0 unspecified atom stereocenters. The van der Waals surface area contributed by atoms with Crippen molar-refractivity contribution in [3.8, 4) is 0 Å². The van der Waals surface area contributed by atoms with E-state index < -0.39 is 0 Å². The van der Waals surface area contributed by atoms with Crippen molar-refractivity contribution in [3.05, 3.63) is 46.8 Å². The van der Waals surface area contributed by atoms with Crippen molar-refractivity contribution in [2.75, 3.05) is 19.6 Å². The summed E-state index contributed by atoms with van der Waals surface area (Å²) in [5.41, 5.74) is 3.22. The molecule has 0 amide bonds. The summed E-state index contributed by atoms with van der Waals surface area (Å²) in [5.74, 6) is 0. The molecule has 1 fully saturated rings. The van der Waals surface area contributed by atoms with Crippen molar-refractivity contribution < 1.29 is 0 Å². The summed E-state index contributed by atoms with van der Waals surface area (Å²) in [7, 11) is 0. The molecule has 0 aromatic heterocycles. The molecule has 0 saturated carbocycles. The Morgan fingerprint density at radius 2 is 1.81 bits per heavy atom. The first-order valence-corrected chi connectivity index (χ1v) is 7.98. The summed E-state index contributed by atoms with van der Waals surface area (Å²) >= 11 is 0. The largest absolute Gasteiger partial charge is 0.316 e. The van der Waals surface area contributed by atoms with Gasteiger partial charge in [-0.1, -0.05) is 45.0 Å². The Bertz CT molecular complexity index is 511. The highest BCUT2D eigenvalue weighted by Crippen LogP contribution is 2.47. The Morgan fingerprint density at radius 1 is 1.19 bits per heavy atom. The SMILES string of the molecule is [C-]#[N+]CC1(C(C)(C)C)CCN(Cc2ccccc2C)CC1. The van der Waals surface area contributed by atoms with Gasteiger partial charge < -0.3 is 4.85 Å². The van der Waals surface area contributed by atoms with E-state index in [1.165, 1.54) is 11.1 Å². The molecule has 1 aliphatic heterocycles. The first-order chi connectivity index (χ1) is 9.88. The Morgan fingerprint density at radius 3 is 2.33 bits per heavy atom. The van der Waals surface area contributed by atoms with Crippen LogP contribution in [0.25, 0.3) is 4.85 Å². The van der Waals surface area contributed by atoms with Gasteiger partial charge in [-0.15, -0.1) is 0 Å². The molecular formula is C19H28N2. The molecule has 1 heterocycles. The number of benzene rings is 1. The molecule has 0 atom stereocenters. The molecule has 1 aliphatic rings. The van der Waals surface area contributed by atoms with Crippen LogP contribution in [0, 0.1) is 24.3 Å². The van der Waals surface area contributed by atoms with E-state index in [-0.39, 0.29) is 10.8 Å². The van der Waals surface area contributed by atoms with Gasteiger partial charge in [0, 0.05) is 12.0 Å². The Hall–Kier alpha value is -1.33. The van der Waals surface area contributed by atoms with Gasteiger partial charge in [0.15, 0.2) is 0 Å². The van der Waals surface area contributed by atoms with Crippen molar-refractivity contribution in [2.24, 2.45) is 10.8 Å². The first kappa shape index (κ1) is 16.0. The fourth-order valence-electron chi connectivity index (χ4n) is 3.46. The second kappa shape index (κ2) is 6.20. The molecular weight excluding hydrogens is 256 g/mol. The van der Waals surface area contributed by atoms with Crippen LogP contribution < -0.4 is 0 Å². The number of likely N-dealkylation sites (tertiary alicyclic amines) is 1. The zero-order valence-corrected chi connectivity index (χ0v) is 13.9. The van der Waals surface area contributed by atoms with Gasteiger partial charge in [-0.3, -0.25) is 4.90 Å². The topological polar surface area (TPSA) is 7.60 Å². The summed E-state index contributed by atoms with van der Waals surface area (Å²) in [6.45, 7) is 20.4. The monoisotopic (exact) mass is 284 g/mol. The van der Waals surface area contributed by atoms with Crippen LogP contribution in [0.3, 0.4) is 0 Å². The lowest BCUT2D eigenvalue weighted by atomic mass is 9.61. The zero-order valence-electron chi connectivity index (χ0n) is 13.9. The third kappa shape index (κ3) is 3.47. The van der Waals surface area contributed by atoms with Crippen molar-refractivity contribution in [1.29, 1.82) is 0 Å². The molecule has 1 saturated heterocycles. The summed E-state index contributed by atoms with van der Waals surface area (Å²) < 4.78 is 0. The van der Waals surface area contributed by atoms with E-state index in [0.29, 0.717) is 6.54 Å². The number of aryl methyl sites for hydroxylation is 1. The highest BCUT2D eigenvalue weighted by molar-refractivity contribution is 5.25. The second-order valence-electron chi connectivity index (χ2n) is 7.55. The normalized spacial score (nSPS) is 19.2. The van der Waals surface area contributed by atoms with Gasteiger partial charge in [0.25, 0.3) is 0 Å². The van der Waals surface area contributed by atoms with Crippen molar-refractivity contribution in [3.63, 3.8) is 0 Å². The van der Waals surface area contributed by atoms with Gasteiger partial charge in [0.05, 0.1) is 0 Å². The Balaban J connectivity index is 2.03. The third-order valence-electron chi connectivity index (χ3n) is 5.44. The summed E-state index contributed by atoms with van der Waals surface area (Å²) in [4.78, 5) is 6.30. The molecule has 0 aliphatic carbocycles. The number of rotatable bonds is 3. The van der Waals surface area contributed by atoms with Crippen LogP contribution in [0.2, 0.25) is 0 Å². The van der Waals surface area contributed by atoms with Crippen LogP contribution in [-0.2, 0) is 6.54 Å². The van der Waals surface area contributed by atoms with E-state index in [0.717, 1.165) is 32.5 Å². The minimum Gasteiger partial charge on any atom is -0.316 e. The van der Waals surface area contributed by atoms with Gasteiger partial charge in [0.1, 0.15) is 0 Å². The predicted molar refractivity (Wildman–Crippen MR) is 89.0 cm³/mol. The molecule has 1 aromatic rings. The van der Waals surface area contributed by atoms with Crippen LogP contribution in [0.4, 0.5) is 0 Å². The minimum absolute atomic E-state index is 0.191. The third-order valence-corrected chi connectivity index (χ3v) is 5.44. The average Bonchev–Trinajstić information content (AvgIpc) is 2.42. The summed E-state index contributed by atoms with van der Waals surface area (Å²) in [5, 5.41) is 0. The van der Waals surface area contributed by atoms with Crippen molar-refractivity contribution >= 4 is 0 Å². The standard InChI is InChI=1S/C19H28N2/c1-16-8-6-7-9-17(16)14-21-12-10-19(11-13-21,15-20-5)18(2,3)4/h6-9H,10-15H2,1-4H3. The predicted octanol–water partition coefficient (Wildman–Crippen LogP) is 4.54. The van der Waals surface area contributed by atoms with E-state index in [1.807, 2.05) is 0 Å². The van der Waals surface area contributed by atoms with E-state index >= 15 is 0 Å². The van der Waals surface area contributed by atoms with Gasteiger partial charge in [-0.05, 0) is 49.4 Å². The van der Waals surface area contributed by atoms with Gasteiger partial charge >= 0.3 is 0 Å². The van der Waals surface area contributed by atoms with Gasteiger partial charge in [-0.2, -0.15) is 0 Å². The average molecular weight is 284 g/mol. The van der Waals surface area contributed by atoms with E-state index in [9.17, 15) is 0 Å². The second-order valence-corrected chi connectivity index (χ2v) is 7.55. The van der Waals surface area contributed by atoms with Crippen molar-refractivity contribution in [2.45, 2.75) is 47.1 Å². The molecule has 2 rings (SSSR count). The fourth-order valence-corrected chi connectivity index (χ4v) is 3.46. The zero-order chi connectivity index (χ0) is 15.5.